The van der Waals surface area contributed by atoms with Crippen molar-refractivity contribution in [3.05, 3.63) is 11.6 Å². The molecule has 0 amide bonds. The first kappa shape index (κ1) is 11.6. The molecule has 0 aliphatic carbocycles. The molecule has 1 aliphatic heterocycles. The maximum atomic E-state index is 4.59. The minimum absolute atomic E-state index is 0.426. The summed E-state index contributed by atoms with van der Waals surface area (Å²) in [5, 5.41) is 8.15. The number of aromatic nitrogens is 3. The van der Waals surface area contributed by atoms with E-state index in [0.29, 0.717) is 18.0 Å². The lowest BCUT2D eigenvalue weighted by atomic mass is 10.1. The molecule has 0 radical (unpaired) electrons. The molecule has 4 heteroatoms. The van der Waals surface area contributed by atoms with E-state index in [1.54, 1.807) is 0 Å². The number of rotatable bonds is 3. The van der Waals surface area contributed by atoms with Crippen LogP contribution in [0.3, 0.4) is 0 Å². The minimum Gasteiger partial charge on any atom is -0.310 e. The summed E-state index contributed by atoms with van der Waals surface area (Å²) < 4.78 is 2.08. The molecule has 0 fully saturated rings. The van der Waals surface area contributed by atoms with E-state index < -0.39 is 0 Å². The second kappa shape index (κ2) is 4.53. The molecule has 2 rings (SSSR count). The molecule has 0 aromatic carbocycles. The van der Waals surface area contributed by atoms with E-state index in [-0.39, 0.29) is 0 Å². The van der Waals surface area contributed by atoms with Gasteiger partial charge in [0, 0.05) is 24.4 Å². The fourth-order valence-electron chi connectivity index (χ4n) is 2.18. The van der Waals surface area contributed by atoms with Crippen LogP contribution in [-0.2, 0) is 13.0 Å². The number of aryl methyl sites for hydroxylation is 1. The standard InChI is InChI=1S/C12H22N4/c1-8(2)12-14-11-6-5-10(13-9(3)4)7-16(11)15-12/h8-10,13H,5-7H2,1-4H3. The van der Waals surface area contributed by atoms with Crippen molar-refractivity contribution < 1.29 is 0 Å². The summed E-state index contributed by atoms with van der Waals surface area (Å²) in [7, 11) is 0. The van der Waals surface area contributed by atoms with Gasteiger partial charge in [0.1, 0.15) is 5.82 Å². The summed E-state index contributed by atoms with van der Waals surface area (Å²) in [5.41, 5.74) is 0. The maximum absolute atomic E-state index is 4.59. The van der Waals surface area contributed by atoms with Crippen molar-refractivity contribution in [2.45, 2.75) is 65.1 Å². The molecule has 0 saturated heterocycles. The lowest BCUT2D eigenvalue weighted by Crippen LogP contribution is -2.41. The number of hydrogen-bond donors (Lipinski definition) is 1. The van der Waals surface area contributed by atoms with Crippen molar-refractivity contribution in [2.24, 2.45) is 0 Å². The molecule has 0 saturated carbocycles. The van der Waals surface area contributed by atoms with E-state index in [2.05, 4.69) is 47.8 Å². The summed E-state index contributed by atoms with van der Waals surface area (Å²) in [6.07, 6.45) is 2.22. The maximum Gasteiger partial charge on any atom is 0.153 e. The molecule has 1 aromatic rings. The zero-order valence-corrected chi connectivity index (χ0v) is 10.7. The van der Waals surface area contributed by atoms with Crippen molar-refractivity contribution in [1.82, 2.24) is 20.1 Å². The van der Waals surface area contributed by atoms with Crippen LogP contribution >= 0.6 is 0 Å². The Balaban J connectivity index is 2.08. The zero-order valence-electron chi connectivity index (χ0n) is 10.7. The molecule has 1 atom stereocenters. The summed E-state index contributed by atoms with van der Waals surface area (Å²) >= 11 is 0. The summed E-state index contributed by atoms with van der Waals surface area (Å²) in [4.78, 5) is 4.59. The van der Waals surface area contributed by atoms with Gasteiger partial charge in [-0.25, -0.2) is 9.67 Å². The van der Waals surface area contributed by atoms with Crippen LogP contribution < -0.4 is 5.32 Å². The predicted molar refractivity (Wildman–Crippen MR) is 64.5 cm³/mol. The van der Waals surface area contributed by atoms with Gasteiger partial charge in [-0.3, -0.25) is 0 Å². The molecule has 0 spiro atoms. The Hall–Kier alpha value is -0.900. The lowest BCUT2D eigenvalue weighted by molar-refractivity contribution is 0.339. The van der Waals surface area contributed by atoms with Crippen LogP contribution in [0.25, 0.3) is 0 Å². The van der Waals surface area contributed by atoms with Gasteiger partial charge in [-0.05, 0) is 6.42 Å². The zero-order chi connectivity index (χ0) is 11.7. The smallest absolute Gasteiger partial charge is 0.153 e. The fraction of sp³-hybridized carbons (Fsp3) is 0.833. The van der Waals surface area contributed by atoms with E-state index in [1.165, 1.54) is 6.42 Å². The largest absolute Gasteiger partial charge is 0.310 e. The molecule has 1 aliphatic rings. The highest BCUT2D eigenvalue weighted by Gasteiger charge is 2.22. The van der Waals surface area contributed by atoms with E-state index in [1.807, 2.05) is 0 Å². The van der Waals surface area contributed by atoms with Gasteiger partial charge in [0.2, 0.25) is 0 Å². The van der Waals surface area contributed by atoms with Crippen molar-refractivity contribution >= 4 is 0 Å². The Labute approximate surface area is 97.5 Å². The first-order valence-electron chi connectivity index (χ1n) is 6.26. The monoisotopic (exact) mass is 222 g/mol. The van der Waals surface area contributed by atoms with Crippen LogP contribution in [0.1, 0.15) is 51.7 Å². The van der Waals surface area contributed by atoms with Crippen molar-refractivity contribution in [2.75, 3.05) is 0 Å². The van der Waals surface area contributed by atoms with Crippen LogP contribution in [0.2, 0.25) is 0 Å². The van der Waals surface area contributed by atoms with Crippen LogP contribution in [0.5, 0.6) is 0 Å². The molecule has 2 heterocycles. The van der Waals surface area contributed by atoms with E-state index in [4.69, 9.17) is 0 Å². The third-order valence-electron chi connectivity index (χ3n) is 2.96. The minimum atomic E-state index is 0.426. The summed E-state index contributed by atoms with van der Waals surface area (Å²) in [6.45, 7) is 9.64. The Bertz CT molecular complexity index is 354. The van der Waals surface area contributed by atoms with Gasteiger partial charge in [0.25, 0.3) is 0 Å². The second-order valence-electron chi connectivity index (χ2n) is 5.28. The molecule has 1 N–H and O–H groups in total. The fourth-order valence-corrected chi connectivity index (χ4v) is 2.18. The highest BCUT2D eigenvalue weighted by molar-refractivity contribution is 5.01. The topological polar surface area (TPSA) is 42.7 Å². The Kier molecular flexibility index (Phi) is 3.28. The number of fused-ring (bicyclic) bond motifs is 1. The highest BCUT2D eigenvalue weighted by Crippen LogP contribution is 2.17. The summed E-state index contributed by atoms with van der Waals surface area (Å²) in [6, 6.07) is 1.09. The lowest BCUT2D eigenvalue weighted by Gasteiger charge is -2.25. The molecular formula is C12H22N4. The Morgan fingerprint density at radius 2 is 2.06 bits per heavy atom. The third kappa shape index (κ3) is 2.43. The molecule has 0 bridgehead atoms. The Morgan fingerprint density at radius 1 is 1.31 bits per heavy atom. The first-order valence-corrected chi connectivity index (χ1v) is 6.26. The summed E-state index contributed by atoms with van der Waals surface area (Å²) in [5.74, 6) is 2.57. The van der Waals surface area contributed by atoms with Crippen LogP contribution in [0.4, 0.5) is 0 Å². The predicted octanol–water partition coefficient (Wildman–Crippen LogP) is 1.71. The molecule has 1 aromatic heterocycles. The van der Waals surface area contributed by atoms with Gasteiger partial charge in [0.05, 0.1) is 6.54 Å². The van der Waals surface area contributed by atoms with Crippen LogP contribution in [0, 0.1) is 0 Å². The van der Waals surface area contributed by atoms with Gasteiger partial charge in [0.15, 0.2) is 5.82 Å². The van der Waals surface area contributed by atoms with Crippen molar-refractivity contribution in [3.63, 3.8) is 0 Å². The van der Waals surface area contributed by atoms with Gasteiger partial charge in [-0.2, -0.15) is 5.10 Å². The van der Waals surface area contributed by atoms with Crippen molar-refractivity contribution in [3.8, 4) is 0 Å². The van der Waals surface area contributed by atoms with Crippen LogP contribution in [-0.4, -0.2) is 26.8 Å². The third-order valence-corrected chi connectivity index (χ3v) is 2.96. The van der Waals surface area contributed by atoms with E-state index in [0.717, 1.165) is 24.6 Å². The number of hydrogen-bond acceptors (Lipinski definition) is 3. The molecule has 1 unspecified atom stereocenters. The van der Waals surface area contributed by atoms with E-state index >= 15 is 0 Å². The van der Waals surface area contributed by atoms with Gasteiger partial charge >= 0.3 is 0 Å². The SMILES string of the molecule is CC(C)NC1CCc2nc(C(C)C)nn2C1. The number of nitrogens with one attached hydrogen (secondary N) is 1. The van der Waals surface area contributed by atoms with Crippen molar-refractivity contribution in [1.29, 1.82) is 0 Å². The van der Waals surface area contributed by atoms with Gasteiger partial charge in [-0.15, -0.1) is 0 Å². The quantitative estimate of drug-likeness (QED) is 0.846. The highest BCUT2D eigenvalue weighted by atomic mass is 15.4. The molecular weight excluding hydrogens is 200 g/mol. The molecule has 90 valence electrons. The first-order chi connectivity index (χ1) is 7.56. The average molecular weight is 222 g/mol. The number of nitrogens with zero attached hydrogens (tertiary/aromatic N) is 3. The van der Waals surface area contributed by atoms with Crippen LogP contribution in [0.15, 0.2) is 0 Å². The molecule has 16 heavy (non-hydrogen) atoms. The normalized spacial score (nSPS) is 20.5. The Morgan fingerprint density at radius 3 is 2.69 bits per heavy atom. The van der Waals surface area contributed by atoms with Gasteiger partial charge < -0.3 is 5.32 Å². The average Bonchev–Trinajstić information content (AvgIpc) is 2.59. The van der Waals surface area contributed by atoms with E-state index in [9.17, 15) is 0 Å². The van der Waals surface area contributed by atoms with Gasteiger partial charge in [-0.1, -0.05) is 27.7 Å². The second-order valence-corrected chi connectivity index (χ2v) is 5.28. The molecule has 4 nitrogen and oxygen atoms in total.